The Morgan fingerprint density at radius 1 is 1.11 bits per heavy atom. The van der Waals surface area contributed by atoms with Gasteiger partial charge in [-0.25, -0.2) is 4.98 Å². The van der Waals surface area contributed by atoms with Crippen molar-refractivity contribution in [1.29, 1.82) is 0 Å². The van der Waals surface area contributed by atoms with Crippen molar-refractivity contribution in [2.75, 3.05) is 13.2 Å². The van der Waals surface area contributed by atoms with Crippen molar-refractivity contribution in [3.8, 4) is 0 Å². The second-order valence-electron chi connectivity index (χ2n) is 9.13. The van der Waals surface area contributed by atoms with Gasteiger partial charge in [0.05, 0.1) is 18.7 Å². The van der Waals surface area contributed by atoms with Crippen molar-refractivity contribution < 1.29 is 14.3 Å². The smallest absolute Gasteiger partial charge is 0.291 e. The van der Waals surface area contributed by atoms with Crippen molar-refractivity contribution in [1.82, 2.24) is 25.8 Å². The first-order chi connectivity index (χ1) is 13.3. The predicted molar refractivity (Wildman–Crippen MR) is 103 cm³/mol. The minimum atomic E-state index is -0.331. The van der Waals surface area contributed by atoms with E-state index in [0.717, 1.165) is 12.8 Å². The highest BCUT2D eigenvalue weighted by atomic mass is 16.5. The maximum Gasteiger partial charge on any atom is 0.291 e. The lowest BCUT2D eigenvalue weighted by Gasteiger charge is -2.35. The van der Waals surface area contributed by atoms with Gasteiger partial charge in [0.2, 0.25) is 11.7 Å². The van der Waals surface area contributed by atoms with E-state index in [2.05, 4.69) is 25.8 Å². The van der Waals surface area contributed by atoms with E-state index >= 15 is 0 Å². The first-order valence-corrected chi connectivity index (χ1v) is 10.1. The molecule has 152 valence electrons. The Hall–Kier alpha value is -2.22. The molecule has 0 spiro atoms. The first-order valence-electron chi connectivity index (χ1n) is 10.1. The van der Waals surface area contributed by atoms with Crippen LogP contribution in [0, 0.1) is 5.92 Å². The fourth-order valence-corrected chi connectivity index (χ4v) is 3.71. The van der Waals surface area contributed by atoms with Crippen molar-refractivity contribution in [2.24, 2.45) is 5.92 Å². The Morgan fingerprint density at radius 2 is 1.86 bits per heavy atom. The van der Waals surface area contributed by atoms with E-state index in [1.165, 1.54) is 18.4 Å². The Kier molecular flexibility index (Phi) is 4.99. The van der Waals surface area contributed by atoms with Crippen LogP contribution < -0.4 is 10.6 Å². The topological polar surface area (TPSA) is 109 Å². The number of allylic oxidation sites excluding steroid dienone is 2. The number of aromatic amines is 1. The standard InChI is InChI=1S/C20H29N5O3/c1-20(2,3)19-23-16(24-25-19)18(27)21-14-6-7-28-10-15(14)22-17(26)13-8-12(9-13)11-4-5-11/h13-15H,4-10H2,1-3H3,(H,21,27)(H,22,26)(H,23,24,25)/t14-,15+/m1/s1. The van der Waals surface area contributed by atoms with E-state index < -0.39 is 0 Å². The molecule has 1 aromatic heterocycles. The minimum absolute atomic E-state index is 0.0590. The second-order valence-corrected chi connectivity index (χ2v) is 9.13. The van der Waals surface area contributed by atoms with E-state index in [4.69, 9.17) is 4.74 Å². The number of hydrogen-bond donors (Lipinski definition) is 3. The summed E-state index contributed by atoms with van der Waals surface area (Å²) in [4.78, 5) is 29.5. The Morgan fingerprint density at radius 3 is 2.50 bits per heavy atom. The van der Waals surface area contributed by atoms with Gasteiger partial charge in [0.15, 0.2) is 0 Å². The maximum atomic E-state index is 12.6. The molecular formula is C20H29N5O3. The van der Waals surface area contributed by atoms with Gasteiger partial charge in [-0.2, -0.15) is 0 Å². The van der Waals surface area contributed by atoms with Crippen LogP contribution in [0.1, 0.15) is 69.3 Å². The number of carbonyl (C=O) groups is 2. The van der Waals surface area contributed by atoms with Gasteiger partial charge in [0, 0.05) is 17.9 Å². The van der Waals surface area contributed by atoms with E-state index in [1.54, 1.807) is 5.57 Å². The van der Waals surface area contributed by atoms with Gasteiger partial charge in [0.25, 0.3) is 5.91 Å². The molecule has 8 nitrogen and oxygen atoms in total. The molecular weight excluding hydrogens is 358 g/mol. The van der Waals surface area contributed by atoms with Gasteiger partial charge < -0.3 is 15.4 Å². The van der Waals surface area contributed by atoms with Gasteiger partial charge in [0.1, 0.15) is 5.82 Å². The largest absolute Gasteiger partial charge is 0.379 e. The summed E-state index contributed by atoms with van der Waals surface area (Å²) in [5.74, 6) is 0.583. The number of rotatable bonds is 4. The van der Waals surface area contributed by atoms with E-state index in [1.807, 2.05) is 20.8 Å². The number of H-pyrrole nitrogens is 1. The third-order valence-corrected chi connectivity index (χ3v) is 5.76. The van der Waals surface area contributed by atoms with Crippen LogP contribution in [-0.4, -0.2) is 52.3 Å². The van der Waals surface area contributed by atoms with Gasteiger partial charge >= 0.3 is 0 Å². The summed E-state index contributed by atoms with van der Waals surface area (Å²) in [6.07, 6.45) is 4.85. The second kappa shape index (κ2) is 7.31. The van der Waals surface area contributed by atoms with Crippen LogP contribution in [0.25, 0.3) is 0 Å². The van der Waals surface area contributed by atoms with Crippen molar-refractivity contribution >= 4 is 11.8 Å². The number of carbonyl (C=O) groups excluding carboxylic acids is 2. The van der Waals surface area contributed by atoms with Crippen LogP contribution in [0.5, 0.6) is 0 Å². The van der Waals surface area contributed by atoms with Crippen molar-refractivity contribution in [3.05, 3.63) is 22.8 Å². The number of nitrogens with one attached hydrogen (secondary N) is 3. The minimum Gasteiger partial charge on any atom is -0.379 e. The molecule has 0 unspecified atom stereocenters. The predicted octanol–water partition coefficient (Wildman–Crippen LogP) is 1.61. The number of aromatic nitrogens is 3. The highest BCUT2D eigenvalue weighted by molar-refractivity contribution is 5.90. The van der Waals surface area contributed by atoms with Crippen LogP contribution in [0.2, 0.25) is 0 Å². The first kappa shape index (κ1) is 19.1. The van der Waals surface area contributed by atoms with E-state index in [9.17, 15) is 9.59 Å². The fraction of sp³-hybridized carbons (Fsp3) is 0.700. The molecule has 0 aromatic carbocycles. The molecule has 1 aromatic rings. The average molecular weight is 387 g/mol. The van der Waals surface area contributed by atoms with Gasteiger partial charge in [-0.15, -0.1) is 5.10 Å². The Bertz CT molecular complexity index is 793. The third-order valence-electron chi connectivity index (χ3n) is 5.76. The average Bonchev–Trinajstić information content (AvgIpc) is 3.27. The normalized spacial score (nSPS) is 27.2. The lowest BCUT2D eigenvalue weighted by molar-refractivity contribution is -0.128. The molecule has 2 amide bonds. The number of hydrogen-bond acceptors (Lipinski definition) is 5. The molecule has 1 aliphatic heterocycles. The van der Waals surface area contributed by atoms with Crippen molar-refractivity contribution in [3.63, 3.8) is 0 Å². The van der Waals surface area contributed by atoms with Crippen LogP contribution in [0.4, 0.5) is 0 Å². The van der Waals surface area contributed by atoms with Crippen LogP contribution >= 0.6 is 0 Å². The molecule has 2 saturated carbocycles. The van der Waals surface area contributed by atoms with Gasteiger partial charge in [-0.1, -0.05) is 31.9 Å². The quantitative estimate of drug-likeness (QED) is 0.680. The molecule has 3 N–H and O–H groups in total. The molecule has 2 heterocycles. The fourth-order valence-electron chi connectivity index (χ4n) is 3.71. The summed E-state index contributed by atoms with van der Waals surface area (Å²) in [6.45, 7) is 6.97. The molecule has 3 fully saturated rings. The zero-order chi connectivity index (χ0) is 19.9. The van der Waals surface area contributed by atoms with Gasteiger partial charge in [-0.3, -0.25) is 14.7 Å². The lowest BCUT2D eigenvalue weighted by atomic mass is 9.78. The van der Waals surface area contributed by atoms with Crippen molar-refractivity contribution in [2.45, 2.75) is 70.4 Å². The summed E-state index contributed by atoms with van der Waals surface area (Å²) in [6, 6.07) is -0.424. The summed E-state index contributed by atoms with van der Waals surface area (Å²) in [5, 5.41) is 12.9. The van der Waals surface area contributed by atoms with E-state index in [-0.39, 0.29) is 41.1 Å². The molecule has 8 heteroatoms. The third kappa shape index (κ3) is 4.11. The number of amides is 2. The molecule has 28 heavy (non-hydrogen) atoms. The Balaban J connectivity index is 1.34. The molecule has 4 rings (SSSR count). The zero-order valence-electron chi connectivity index (χ0n) is 16.8. The zero-order valence-corrected chi connectivity index (χ0v) is 16.8. The van der Waals surface area contributed by atoms with Crippen LogP contribution in [0.15, 0.2) is 11.1 Å². The molecule has 0 bridgehead atoms. The van der Waals surface area contributed by atoms with Gasteiger partial charge in [-0.05, 0) is 32.1 Å². The molecule has 1 saturated heterocycles. The molecule has 3 aliphatic rings. The van der Waals surface area contributed by atoms with Crippen LogP contribution in [0.3, 0.4) is 0 Å². The highest BCUT2D eigenvalue weighted by Crippen LogP contribution is 2.44. The molecule has 2 atom stereocenters. The van der Waals surface area contributed by atoms with E-state index in [0.29, 0.717) is 25.5 Å². The summed E-state index contributed by atoms with van der Waals surface area (Å²) in [7, 11) is 0. The summed E-state index contributed by atoms with van der Waals surface area (Å²) in [5.41, 5.74) is 2.82. The summed E-state index contributed by atoms with van der Waals surface area (Å²) >= 11 is 0. The van der Waals surface area contributed by atoms with Crippen LogP contribution in [-0.2, 0) is 14.9 Å². The monoisotopic (exact) mass is 387 g/mol. The SMILES string of the molecule is CC(C)(C)c1nc(C(=O)N[C@@H]2CCOC[C@@H]2NC(=O)C2CC(=C3CC3)C2)n[nH]1. The number of nitrogens with zero attached hydrogens (tertiary/aromatic N) is 2. The lowest BCUT2D eigenvalue weighted by Crippen LogP contribution is -2.58. The Labute approximate surface area is 164 Å². The summed E-state index contributed by atoms with van der Waals surface area (Å²) < 4.78 is 5.54. The maximum absolute atomic E-state index is 12.6. The number of ether oxygens (including phenoxy) is 1. The molecule has 0 radical (unpaired) electrons. The molecule has 2 aliphatic carbocycles. The highest BCUT2D eigenvalue weighted by Gasteiger charge is 2.37.